The number of hydrogen-bond donors (Lipinski definition) is 1. The summed E-state index contributed by atoms with van der Waals surface area (Å²) in [5, 5.41) is 0. The van der Waals surface area contributed by atoms with Crippen LogP contribution in [0.15, 0.2) is 18.3 Å². The molecule has 2 N–H and O–H groups in total. The minimum atomic E-state index is 0.729. The zero-order valence-corrected chi connectivity index (χ0v) is 9.32. The second-order valence-electron chi connectivity index (χ2n) is 4.23. The number of rotatable bonds is 5. The molecule has 3 heteroatoms. The van der Waals surface area contributed by atoms with Crippen LogP contribution >= 0.6 is 0 Å². The highest BCUT2D eigenvalue weighted by Crippen LogP contribution is 2.30. The van der Waals surface area contributed by atoms with Crippen molar-refractivity contribution in [3.05, 3.63) is 18.3 Å². The zero-order chi connectivity index (χ0) is 10.7. The van der Waals surface area contributed by atoms with Crippen LogP contribution in [0, 0.1) is 0 Å². The molecule has 1 heterocycles. The summed E-state index contributed by atoms with van der Waals surface area (Å²) in [5.41, 5.74) is 6.38. The quantitative estimate of drug-likeness (QED) is 0.802. The summed E-state index contributed by atoms with van der Waals surface area (Å²) in [4.78, 5) is 6.81. The summed E-state index contributed by atoms with van der Waals surface area (Å²) in [5.74, 6) is 1.08. The van der Waals surface area contributed by atoms with E-state index in [0.29, 0.717) is 0 Å². The Kier molecular flexibility index (Phi) is 3.09. The van der Waals surface area contributed by atoms with Crippen LogP contribution in [0.2, 0.25) is 0 Å². The summed E-state index contributed by atoms with van der Waals surface area (Å²) < 4.78 is 0. The van der Waals surface area contributed by atoms with Crippen molar-refractivity contribution in [3.8, 4) is 0 Å². The van der Waals surface area contributed by atoms with Crippen molar-refractivity contribution in [1.82, 2.24) is 4.98 Å². The first-order valence-electron chi connectivity index (χ1n) is 5.79. The van der Waals surface area contributed by atoms with E-state index < -0.39 is 0 Å². The van der Waals surface area contributed by atoms with Gasteiger partial charge >= 0.3 is 0 Å². The molecule has 0 bridgehead atoms. The molecule has 1 aliphatic carbocycles. The van der Waals surface area contributed by atoms with E-state index in [4.69, 9.17) is 5.73 Å². The van der Waals surface area contributed by atoms with Crippen LogP contribution in [0.4, 0.5) is 11.5 Å². The summed E-state index contributed by atoms with van der Waals surface area (Å²) >= 11 is 0. The third kappa shape index (κ3) is 2.61. The molecule has 0 aliphatic heterocycles. The third-order valence-electron chi connectivity index (χ3n) is 2.81. The fraction of sp³-hybridized carbons (Fsp3) is 0.583. The Balaban J connectivity index is 2.06. The van der Waals surface area contributed by atoms with Crippen molar-refractivity contribution in [1.29, 1.82) is 0 Å². The van der Waals surface area contributed by atoms with Crippen LogP contribution in [0.3, 0.4) is 0 Å². The largest absolute Gasteiger partial charge is 0.397 e. The van der Waals surface area contributed by atoms with Gasteiger partial charge in [0.15, 0.2) is 0 Å². The van der Waals surface area contributed by atoms with E-state index >= 15 is 0 Å². The van der Waals surface area contributed by atoms with Gasteiger partial charge in [-0.2, -0.15) is 0 Å². The van der Waals surface area contributed by atoms with Crippen molar-refractivity contribution < 1.29 is 0 Å². The molecule has 0 saturated heterocycles. The van der Waals surface area contributed by atoms with E-state index in [0.717, 1.165) is 24.1 Å². The predicted octanol–water partition coefficient (Wildman–Crippen LogP) is 2.43. The van der Waals surface area contributed by atoms with Crippen molar-refractivity contribution in [2.24, 2.45) is 0 Å². The number of unbranched alkanes of at least 4 members (excludes halogenated alkanes) is 1. The lowest BCUT2D eigenvalue weighted by molar-refractivity contribution is 0.705. The van der Waals surface area contributed by atoms with Crippen molar-refractivity contribution in [2.75, 3.05) is 17.2 Å². The van der Waals surface area contributed by atoms with Gasteiger partial charge in [0.25, 0.3) is 0 Å². The maximum atomic E-state index is 5.64. The van der Waals surface area contributed by atoms with E-state index in [-0.39, 0.29) is 0 Å². The number of aromatic nitrogens is 1. The maximum absolute atomic E-state index is 5.64. The summed E-state index contributed by atoms with van der Waals surface area (Å²) in [6.45, 7) is 3.35. The Bertz CT molecular complexity index is 303. The molecule has 0 spiro atoms. The first-order chi connectivity index (χ1) is 7.31. The van der Waals surface area contributed by atoms with Gasteiger partial charge in [0, 0.05) is 12.6 Å². The molecule has 3 nitrogen and oxygen atoms in total. The zero-order valence-electron chi connectivity index (χ0n) is 9.32. The summed E-state index contributed by atoms with van der Waals surface area (Å²) in [7, 11) is 0. The Morgan fingerprint density at radius 3 is 2.80 bits per heavy atom. The first-order valence-corrected chi connectivity index (χ1v) is 5.79. The van der Waals surface area contributed by atoms with Gasteiger partial charge in [-0.15, -0.1) is 0 Å². The average Bonchev–Trinajstić information content (AvgIpc) is 3.05. The van der Waals surface area contributed by atoms with E-state index in [1.165, 1.54) is 25.7 Å². The maximum Gasteiger partial charge on any atom is 0.128 e. The van der Waals surface area contributed by atoms with Gasteiger partial charge in [0.2, 0.25) is 0 Å². The highest BCUT2D eigenvalue weighted by Gasteiger charge is 2.29. The number of nitrogens with two attached hydrogens (primary N) is 1. The average molecular weight is 205 g/mol. The molecular formula is C12H19N3. The van der Waals surface area contributed by atoms with E-state index in [1.54, 1.807) is 6.20 Å². The lowest BCUT2D eigenvalue weighted by Crippen LogP contribution is -2.27. The van der Waals surface area contributed by atoms with Crippen LogP contribution in [0.5, 0.6) is 0 Å². The number of nitrogen functional groups attached to an aromatic ring is 1. The van der Waals surface area contributed by atoms with Gasteiger partial charge in [-0.3, -0.25) is 0 Å². The molecule has 15 heavy (non-hydrogen) atoms. The Labute approximate surface area is 91.3 Å². The van der Waals surface area contributed by atoms with Gasteiger partial charge in [-0.05, 0) is 31.4 Å². The van der Waals surface area contributed by atoms with Gasteiger partial charge < -0.3 is 10.6 Å². The highest BCUT2D eigenvalue weighted by molar-refractivity contribution is 5.47. The summed E-state index contributed by atoms with van der Waals surface area (Å²) in [6.07, 6.45) is 6.85. The summed E-state index contributed by atoms with van der Waals surface area (Å²) in [6, 6.07) is 4.69. The molecule has 0 unspecified atom stereocenters. The van der Waals surface area contributed by atoms with Crippen LogP contribution < -0.4 is 10.6 Å². The second kappa shape index (κ2) is 4.51. The molecule has 0 amide bonds. The van der Waals surface area contributed by atoms with Crippen LogP contribution in [0.1, 0.15) is 32.6 Å². The van der Waals surface area contributed by atoms with Gasteiger partial charge in [-0.25, -0.2) is 4.98 Å². The Morgan fingerprint density at radius 1 is 1.47 bits per heavy atom. The second-order valence-corrected chi connectivity index (χ2v) is 4.23. The third-order valence-corrected chi connectivity index (χ3v) is 2.81. The van der Waals surface area contributed by atoms with Crippen molar-refractivity contribution in [2.45, 2.75) is 38.6 Å². The fourth-order valence-electron chi connectivity index (χ4n) is 1.77. The van der Waals surface area contributed by atoms with Crippen LogP contribution in [-0.2, 0) is 0 Å². The van der Waals surface area contributed by atoms with Gasteiger partial charge in [-0.1, -0.05) is 13.3 Å². The van der Waals surface area contributed by atoms with Crippen molar-refractivity contribution >= 4 is 11.5 Å². The van der Waals surface area contributed by atoms with E-state index in [2.05, 4.69) is 16.8 Å². The van der Waals surface area contributed by atoms with E-state index in [9.17, 15) is 0 Å². The number of pyridine rings is 1. The van der Waals surface area contributed by atoms with Crippen molar-refractivity contribution in [3.63, 3.8) is 0 Å². The SMILES string of the molecule is CCCCN(c1ccc(N)cn1)C1CC1. The monoisotopic (exact) mass is 205 g/mol. The predicted molar refractivity (Wildman–Crippen MR) is 63.9 cm³/mol. The lowest BCUT2D eigenvalue weighted by atomic mass is 10.3. The number of anilines is 2. The molecule has 1 saturated carbocycles. The normalized spacial score (nSPS) is 15.3. The highest BCUT2D eigenvalue weighted by atomic mass is 15.2. The van der Waals surface area contributed by atoms with Crippen LogP contribution in [0.25, 0.3) is 0 Å². The molecule has 1 aromatic rings. The number of hydrogen-bond acceptors (Lipinski definition) is 3. The Hall–Kier alpha value is -1.25. The standard InChI is InChI=1S/C12H19N3/c1-2-3-8-15(11-5-6-11)12-7-4-10(13)9-14-12/h4,7,9,11H,2-3,5-6,8,13H2,1H3. The first kappa shape index (κ1) is 10.3. The molecule has 0 aromatic carbocycles. The van der Waals surface area contributed by atoms with Gasteiger partial charge in [0.05, 0.1) is 11.9 Å². The number of nitrogens with zero attached hydrogens (tertiary/aromatic N) is 2. The minimum Gasteiger partial charge on any atom is -0.397 e. The molecule has 2 rings (SSSR count). The molecule has 1 fully saturated rings. The lowest BCUT2D eigenvalue weighted by Gasteiger charge is -2.23. The molecule has 82 valence electrons. The molecule has 1 aliphatic rings. The smallest absolute Gasteiger partial charge is 0.128 e. The van der Waals surface area contributed by atoms with Crippen LogP contribution in [-0.4, -0.2) is 17.6 Å². The molecular weight excluding hydrogens is 186 g/mol. The molecule has 0 atom stereocenters. The van der Waals surface area contributed by atoms with E-state index in [1.807, 2.05) is 12.1 Å². The molecule has 0 radical (unpaired) electrons. The molecule has 1 aromatic heterocycles. The Morgan fingerprint density at radius 2 is 2.27 bits per heavy atom. The minimum absolute atomic E-state index is 0.729. The van der Waals surface area contributed by atoms with Gasteiger partial charge in [0.1, 0.15) is 5.82 Å². The fourth-order valence-corrected chi connectivity index (χ4v) is 1.77. The topological polar surface area (TPSA) is 42.1 Å².